The highest BCUT2D eigenvalue weighted by molar-refractivity contribution is 6.18. The zero-order valence-corrected chi connectivity index (χ0v) is 6.62. The topological polar surface area (TPSA) is 0 Å². The Labute approximate surface area is 62.2 Å². The summed E-state index contributed by atoms with van der Waals surface area (Å²) in [5, 5.41) is 0. The monoisotopic (exact) mass is 144 g/mol. The predicted octanol–water partition coefficient (Wildman–Crippen LogP) is 3.14. The first-order chi connectivity index (χ1) is 4.27. The minimum Gasteiger partial charge on any atom is -0.122 e. The molecule has 9 heavy (non-hydrogen) atoms. The zero-order valence-electron chi connectivity index (χ0n) is 5.86. The summed E-state index contributed by atoms with van der Waals surface area (Å²) in [5.41, 5.74) is 1.23. The second-order valence-corrected chi connectivity index (χ2v) is 2.43. The van der Waals surface area contributed by atoms with Gasteiger partial charge in [-0.2, -0.15) is 0 Å². The van der Waals surface area contributed by atoms with Crippen LogP contribution in [-0.4, -0.2) is 5.88 Å². The molecule has 0 heterocycles. The molecule has 0 aliphatic rings. The average Bonchev–Trinajstić information content (AvgIpc) is 1.80. The van der Waals surface area contributed by atoms with E-state index in [9.17, 15) is 0 Å². The van der Waals surface area contributed by atoms with Gasteiger partial charge in [0.05, 0.1) is 0 Å². The van der Waals surface area contributed by atoms with Crippen LogP contribution in [0.1, 0.15) is 19.8 Å². The number of hydrogen-bond acceptors (Lipinski definition) is 0. The Hall–Kier alpha value is -0.230. The van der Waals surface area contributed by atoms with Gasteiger partial charge in [0.2, 0.25) is 0 Å². The first-order valence-corrected chi connectivity index (χ1v) is 3.66. The van der Waals surface area contributed by atoms with Crippen LogP contribution in [-0.2, 0) is 0 Å². The minimum atomic E-state index is 0.621. The molecule has 0 radical (unpaired) electrons. The van der Waals surface area contributed by atoms with E-state index in [1.54, 1.807) is 0 Å². The van der Waals surface area contributed by atoms with Crippen molar-refractivity contribution >= 4 is 11.6 Å². The molecule has 52 valence electrons. The highest BCUT2D eigenvalue weighted by Gasteiger charge is 1.80. The van der Waals surface area contributed by atoms with Gasteiger partial charge in [-0.25, -0.2) is 0 Å². The third-order valence-corrected chi connectivity index (χ3v) is 1.17. The van der Waals surface area contributed by atoms with Gasteiger partial charge in [-0.3, -0.25) is 0 Å². The SMILES string of the molecule is C=C(C)CCC=CCCl. The molecule has 0 aromatic heterocycles. The number of halogens is 1. The predicted molar refractivity (Wildman–Crippen MR) is 43.9 cm³/mol. The van der Waals surface area contributed by atoms with Gasteiger partial charge >= 0.3 is 0 Å². The summed E-state index contributed by atoms with van der Waals surface area (Å²) in [4.78, 5) is 0. The maximum absolute atomic E-state index is 5.41. The minimum absolute atomic E-state index is 0.621. The summed E-state index contributed by atoms with van der Waals surface area (Å²) >= 11 is 5.41. The molecule has 0 N–H and O–H groups in total. The smallest absolute Gasteiger partial charge is 0.0404 e. The highest BCUT2D eigenvalue weighted by Crippen LogP contribution is 2.00. The first kappa shape index (κ1) is 8.77. The Balaban J connectivity index is 3.09. The van der Waals surface area contributed by atoms with Gasteiger partial charge in [0.1, 0.15) is 0 Å². The van der Waals surface area contributed by atoms with E-state index in [1.807, 2.05) is 13.0 Å². The molecule has 0 saturated heterocycles. The van der Waals surface area contributed by atoms with Crippen molar-refractivity contribution in [3.05, 3.63) is 24.3 Å². The van der Waals surface area contributed by atoms with Crippen molar-refractivity contribution < 1.29 is 0 Å². The van der Waals surface area contributed by atoms with Crippen molar-refractivity contribution in [3.63, 3.8) is 0 Å². The van der Waals surface area contributed by atoms with Crippen molar-refractivity contribution in [1.29, 1.82) is 0 Å². The van der Waals surface area contributed by atoms with Crippen molar-refractivity contribution in [2.24, 2.45) is 0 Å². The van der Waals surface area contributed by atoms with Gasteiger partial charge in [0.15, 0.2) is 0 Å². The third-order valence-electron chi connectivity index (χ3n) is 0.994. The number of rotatable bonds is 4. The van der Waals surface area contributed by atoms with Gasteiger partial charge in [-0.1, -0.05) is 17.7 Å². The Morgan fingerprint density at radius 1 is 1.56 bits per heavy atom. The van der Waals surface area contributed by atoms with Crippen LogP contribution in [0.15, 0.2) is 24.3 Å². The Morgan fingerprint density at radius 2 is 2.22 bits per heavy atom. The molecule has 0 aliphatic carbocycles. The lowest BCUT2D eigenvalue weighted by atomic mass is 10.2. The van der Waals surface area contributed by atoms with Crippen LogP contribution in [0.3, 0.4) is 0 Å². The number of allylic oxidation sites excluding steroid dienone is 3. The van der Waals surface area contributed by atoms with Gasteiger partial charge in [-0.15, -0.1) is 18.2 Å². The van der Waals surface area contributed by atoms with Crippen LogP contribution in [0.2, 0.25) is 0 Å². The molecule has 0 saturated carbocycles. The van der Waals surface area contributed by atoms with E-state index in [0.29, 0.717) is 5.88 Å². The van der Waals surface area contributed by atoms with E-state index in [4.69, 9.17) is 11.6 Å². The zero-order chi connectivity index (χ0) is 7.11. The molecule has 1 heteroatoms. The van der Waals surface area contributed by atoms with E-state index in [-0.39, 0.29) is 0 Å². The van der Waals surface area contributed by atoms with Crippen LogP contribution >= 0.6 is 11.6 Å². The lowest BCUT2D eigenvalue weighted by Gasteiger charge is -1.90. The van der Waals surface area contributed by atoms with Crippen molar-refractivity contribution in [3.8, 4) is 0 Å². The third kappa shape index (κ3) is 7.77. The lowest BCUT2D eigenvalue weighted by Crippen LogP contribution is -1.71. The van der Waals surface area contributed by atoms with Crippen LogP contribution in [0.25, 0.3) is 0 Å². The summed E-state index contributed by atoms with van der Waals surface area (Å²) < 4.78 is 0. The fourth-order valence-electron chi connectivity index (χ4n) is 0.511. The van der Waals surface area contributed by atoms with E-state index >= 15 is 0 Å². The quantitative estimate of drug-likeness (QED) is 0.420. The second kappa shape index (κ2) is 5.90. The van der Waals surface area contributed by atoms with Gasteiger partial charge in [0, 0.05) is 5.88 Å². The Kier molecular flexibility index (Phi) is 5.75. The standard InChI is InChI=1S/C8H13Cl/c1-8(2)6-4-3-5-7-9/h3,5H,1,4,6-7H2,2H3. The normalized spacial score (nSPS) is 10.4. The Morgan fingerprint density at radius 3 is 2.67 bits per heavy atom. The summed E-state index contributed by atoms with van der Waals surface area (Å²) in [6, 6.07) is 0. The number of hydrogen-bond donors (Lipinski definition) is 0. The fourth-order valence-corrected chi connectivity index (χ4v) is 0.637. The average molecular weight is 145 g/mol. The van der Waals surface area contributed by atoms with E-state index in [1.165, 1.54) is 5.57 Å². The van der Waals surface area contributed by atoms with Crippen LogP contribution < -0.4 is 0 Å². The molecule has 0 unspecified atom stereocenters. The molecule has 0 amide bonds. The molecule has 0 aromatic carbocycles. The van der Waals surface area contributed by atoms with Crippen LogP contribution in [0.5, 0.6) is 0 Å². The second-order valence-electron chi connectivity index (χ2n) is 2.12. The molecule has 0 fully saturated rings. The first-order valence-electron chi connectivity index (χ1n) is 3.12. The van der Waals surface area contributed by atoms with Crippen LogP contribution in [0, 0.1) is 0 Å². The Bertz CT molecular complexity index is 103. The molecular formula is C8H13Cl. The maximum atomic E-state index is 5.41. The fraction of sp³-hybridized carbons (Fsp3) is 0.500. The molecule has 0 aromatic rings. The summed E-state index contributed by atoms with van der Waals surface area (Å²) in [6.45, 7) is 5.82. The molecule has 0 nitrogen and oxygen atoms in total. The lowest BCUT2D eigenvalue weighted by molar-refractivity contribution is 0.982. The molecule has 0 atom stereocenters. The van der Waals surface area contributed by atoms with Gasteiger partial charge in [0.25, 0.3) is 0 Å². The van der Waals surface area contributed by atoms with Crippen molar-refractivity contribution in [2.45, 2.75) is 19.8 Å². The molecule has 0 aliphatic heterocycles. The molecule has 0 bridgehead atoms. The largest absolute Gasteiger partial charge is 0.122 e. The molecule has 0 rings (SSSR count). The number of alkyl halides is 1. The van der Waals surface area contributed by atoms with Crippen LogP contribution in [0.4, 0.5) is 0 Å². The summed E-state index contributed by atoms with van der Waals surface area (Å²) in [7, 11) is 0. The van der Waals surface area contributed by atoms with Crippen molar-refractivity contribution in [1.82, 2.24) is 0 Å². The van der Waals surface area contributed by atoms with Gasteiger partial charge < -0.3 is 0 Å². The van der Waals surface area contributed by atoms with E-state index in [0.717, 1.165) is 12.8 Å². The highest BCUT2D eigenvalue weighted by atomic mass is 35.5. The van der Waals surface area contributed by atoms with Crippen molar-refractivity contribution in [2.75, 3.05) is 5.88 Å². The van der Waals surface area contributed by atoms with Gasteiger partial charge in [-0.05, 0) is 19.8 Å². The molecular weight excluding hydrogens is 132 g/mol. The maximum Gasteiger partial charge on any atom is 0.0404 e. The molecule has 0 spiro atoms. The summed E-state index contributed by atoms with van der Waals surface area (Å²) in [6.07, 6.45) is 6.20. The van der Waals surface area contributed by atoms with E-state index in [2.05, 4.69) is 12.7 Å². The van der Waals surface area contributed by atoms with E-state index < -0.39 is 0 Å². The summed E-state index contributed by atoms with van der Waals surface area (Å²) in [5.74, 6) is 0.621.